The first kappa shape index (κ1) is 17.5. The molecule has 1 unspecified atom stereocenters. The topological polar surface area (TPSA) is 71.5 Å². The molecule has 0 spiro atoms. The number of nitrogens with zero attached hydrogens (tertiary/aromatic N) is 2. The van der Waals surface area contributed by atoms with Crippen LogP contribution in [0.25, 0.3) is 0 Å². The molecular formula is C16H23N3O3S. The number of carbonyl (C=O) groups excluding carboxylic acids is 2. The second kappa shape index (κ2) is 8.67. The van der Waals surface area contributed by atoms with Crippen molar-refractivity contribution in [3.05, 3.63) is 23.7 Å². The number of piperidine rings is 1. The van der Waals surface area contributed by atoms with E-state index in [1.165, 1.54) is 11.3 Å². The van der Waals surface area contributed by atoms with Crippen molar-refractivity contribution in [1.82, 2.24) is 9.88 Å². The SMILES string of the molecule is C=CCNc1nc(C(=O)OCC(=O)N2CCCCC2CC)cs1. The second-order valence-corrected chi connectivity index (χ2v) is 6.29. The van der Waals surface area contributed by atoms with Gasteiger partial charge in [0, 0.05) is 24.5 Å². The van der Waals surface area contributed by atoms with Crippen molar-refractivity contribution in [3.8, 4) is 0 Å². The summed E-state index contributed by atoms with van der Waals surface area (Å²) in [5.74, 6) is -0.684. The number of likely N-dealkylation sites (tertiary alicyclic amines) is 1. The Labute approximate surface area is 140 Å². The molecule has 1 aromatic rings. The lowest BCUT2D eigenvalue weighted by Gasteiger charge is -2.35. The fraction of sp³-hybridized carbons (Fsp3) is 0.562. The van der Waals surface area contributed by atoms with Gasteiger partial charge in [-0.25, -0.2) is 9.78 Å². The number of aromatic nitrogens is 1. The van der Waals surface area contributed by atoms with Crippen LogP contribution in [0, 0.1) is 0 Å². The molecule has 2 heterocycles. The number of rotatable bonds is 7. The van der Waals surface area contributed by atoms with Crippen LogP contribution in [-0.4, -0.2) is 47.5 Å². The summed E-state index contributed by atoms with van der Waals surface area (Å²) in [5, 5.41) is 5.25. The van der Waals surface area contributed by atoms with Gasteiger partial charge >= 0.3 is 5.97 Å². The molecular weight excluding hydrogens is 314 g/mol. The average Bonchev–Trinajstić information content (AvgIpc) is 3.06. The van der Waals surface area contributed by atoms with Crippen LogP contribution in [0.1, 0.15) is 43.1 Å². The number of carbonyl (C=O) groups is 2. The minimum absolute atomic E-state index is 0.120. The van der Waals surface area contributed by atoms with Gasteiger partial charge in [0.25, 0.3) is 5.91 Å². The van der Waals surface area contributed by atoms with E-state index in [0.717, 1.165) is 32.2 Å². The summed E-state index contributed by atoms with van der Waals surface area (Å²) in [5.41, 5.74) is 0.222. The molecule has 6 nitrogen and oxygen atoms in total. The van der Waals surface area contributed by atoms with Crippen molar-refractivity contribution in [2.45, 2.75) is 38.6 Å². The summed E-state index contributed by atoms with van der Waals surface area (Å²) in [7, 11) is 0. The number of ether oxygens (including phenoxy) is 1. The van der Waals surface area contributed by atoms with Crippen molar-refractivity contribution in [3.63, 3.8) is 0 Å². The number of amides is 1. The first-order valence-corrected chi connectivity index (χ1v) is 8.80. The Morgan fingerprint density at radius 3 is 3.13 bits per heavy atom. The van der Waals surface area contributed by atoms with E-state index >= 15 is 0 Å². The lowest BCUT2D eigenvalue weighted by molar-refractivity contribution is -0.138. The van der Waals surface area contributed by atoms with E-state index in [4.69, 9.17) is 4.74 Å². The van der Waals surface area contributed by atoms with Crippen LogP contribution in [0.2, 0.25) is 0 Å². The fourth-order valence-corrected chi connectivity index (χ4v) is 3.34. The van der Waals surface area contributed by atoms with Crippen molar-refractivity contribution in [2.24, 2.45) is 0 Å². The molecule has 1 atom stereocenters. The van der Waals surface area contributed by atoms with Gasteiger partial charge in [0.05, 0.1) is 0 Å². The fourth-order valence-electron chi connectivity index (χ4n) is 2.65. The van der Waals surface area contributed by atoms with Gasteiger partial charge in [-0.3, -0.25) is 4.79 Å². The van der Waals surface area contributed by atoms with Crippen LogP contribution >= 0.6 is 11.3 Å². The number of thiazole rings is 1. The van der Waals surface area contributed by atoms with Gasteiger partial charge in [0.2, 0.25) is 0 Å². The van der Waals surface area contributed by atoms with Crippen LogP contribution in [0.3, 0.4) is 0 Å². The van der Waals surface area contributed by atoms with Crippen LogP contribution < -0.4 is 5.32 Å². The van der Waals surface area contributed by atoms with Gasteiger partial charge in [-0.1, -0.05) is 13.0 Å². The number of hydrogen-bond acceptors (Lipinski definition) is 6. The highest BCUT2D eigenvalue weighted by Crippen LogP contribution is 2.20. The standard InChI is InChI=1S/C16H23N3O3S/c1-3-8-17-16-18-13(11-23-16)15(21)22-10-14(20)19-9-6-5-7-12(19)4-2/h3,11-12H,1,4-10H2,2H3,(H,17,18). The summed E-state index contributed by atoms with van der Waals surface area (Å²) in [6.07, 6.45) is 5.84. The van der Waals surface area contributed by atoms with Crippen LogP contribution in [0.15, 0.2) is 18.0 Å². The Morgan fingerprint density at radius 2 is 2.39 bits per heavy atom. The largest absolute Gasteiger partial charge is 0.451 e. The highest BCUT2D eigenvalue weighted by molar-refractivity contribution is 7.13. The summed E-state index contributed by atoms with van der Waals surface area (Å²) in [6, 6.07) is 0.268. The molecule has 1 N–H and O–H groups in total. The molecule has 2 rings (SSSR count). The molecule has 1 saturated heterocycles. The predicted molar refractivity (Wildman–Crippen MR) is 90.7 cm³/mol. The Hall–Kier alpha value is -1.89. The maximum atomic E-state index is 12.3. The van der Waals surface area contributed by atoms with Crippen molar-refractivity contribution >= 4 is 28.3 Å². The molecule has 1 aliphatic rings. The number of hydrogen-bond donors (Lipinski definition) is 1. The monoisotopic (exact) mass is 337 g/mol. The molecule has 0 aliphatic carbocycles. The van der Waals surface area contributed by atoms with E-state index in [-0.39, 0.29) is 24.2 Å². The van der Waals surface area contributed by atoms with Crippen molar-refractivity contribution in [1.29, 1.82) is 0 Å². The van der Waals surface area contributed by atoms with Gasteiger partial charge in [-0.15, -0.1) is 17.9 Å². The van der Waals surface area contributed by atoms with Crippen LogP contribution in [-0.2, 0) is 9.53 Å². The van der Waals surface area contributed by atoms with Crippen LogP contribution in [0.4, 0.5) is 5.13 Å². The predicted octanol–water partition coefficient (Wildman–Crippen LogP) is 2.69. The number of esters is 1. The van der Waals surface area contributed by atoms with Crippen LogP contribution in [0.5, 0.6) is 0 Å². The third-order valence-corrected chi connectivity index (χ3v) is 4.66. The first-order valence-electron chi connectivity index (χ1n) is 7.92. The molecule has 23 heavy (non-hydrogen) atoms. The normalized spacial score (nSPS) is 17.6. The van der Waals surface area contributed by atoms with E-state index < -0.39 is 5.97 Å². The van der Waals surface area contributed by atoms with E-state index in [0.29, 0.717) is 11.7 Å². The molecule has 7 heteroatoms. The average molecular weight is 337 g/mol. The Bertz CT molecular complexity index is 559. The van der Waals surface area contributed by atoms with Gasteiger partial charge in [0.1, 0.15) is 0 Å². The summed E-state index contributed by atoms with van der Waals surface area (Å²) in [6.45, 7) is 6.79. The quantitative estimate of drug-likeness (QED) is 0.612. The second-order valence-electron chi connectivity index (χ2n) is 5.43. The van der Waals surface area contributed by atoms with E-state index in [2.05, 4.69) is 23.8 Å². The van der Waals surface area contributed by atoms with E-state index in [1.807, 2.05) is 4.90 Å². The molecule has 126 valence electrons. The zero-order valence-corrected chi connectivity index (χ0v) is 14.2. The van der Waals surface area contributed by atoms with Gasteiger partial charge in [-0.2, -0.15) is 0 Å². The molecule has 0 aromatic carbocycles. The Balaban J connectivity index is 1.84. The minimum Gasteiger partial charge on any atom is -0.451 e. The molecule has 1 fully saturated rings. The molecule has 1 aromatic heterocycles. The van der Waals surface area contributed by atoms with E-state index in [9.17, 15) is 9.59 Å². The minimum atomic E-state index is -0.564. The number of nitrogens with one attached hydrogen (secondary N) is 1. The first-order chi connectivity index (χ1) is 11.2. The van der Waals surface area contributed by atoms with Crippen molar-refractivity contribution in [2.75, 3.05) is 25.0 Å². The zero-order valence-electron chi connectivity index (χ0n) is 13.4. The Kier molecular flexibility index (Phi) is 6.58. The molecule has 1 amide bonds. The third kappa shape index (κ3) is 4.79. The Morgan fingerprint density at radius 1 is 1.57 bits per heavy atom. The summed E-state index contributed by atoms with van der Waals surface area (Å²) >= 11 is 1.32. The molecule has 0 bridgehead atoms. The summed E-state index contributed by atoms with van der Waals surface area (Å²) in [4.78, 5) is 30.2. The lowest BCUT2D eigenvalue weighted by atomic mass is 10.00. The number of anilines is 1. The van der Waals surface area contributed by atoms with Gasteiger partial charge < -0.3 is 15.0 Å². The molecule has 1 aliphatic heterocycles. The smallest absolute Gasteiger partial charge is 0.358 e. The third-order valence-electron chi connectivity index (χ3n) is 3.86. The molecule has 0 radical (unpaired) electrons. The zero-order chi connectivity index (χ0) is 16.7. The maximum Gasteiger partial charge on any atom is 0.358 e. The highest BCUT2D eigenvalue weighted by atomic mass is 32.1. The van der Waals surface area contributed by atoms with Crippen molar-refractivity contribution < 1.29 is 14.3 Å². The molecule has 0 saturated carbocycles. The van der Waals surface area contributed by atoms with Gasteiger partial charge in [0.15, 0.2) is 17.4 Å². The van der Waals surface area contributed by atoms with Gasteiger partial charge in [-0.05, 0) is 25.7 Å². The highest BCUT2D eigenvalue weighted by Gasteiger charge is 2.26. The lowest BCUT2D eigenvalue weighted by Crippen LogP contribution is -2.45. The maximum absolute atomic E-state index is 12.3. The van der Waals surface area contributed by atoms with E-state index in [1.54, 1.807) is 11.5 Å². The summed E-state index contributed by atoms with van der Waals surface area (Å²) < 4.78 is 5.12.